The third-order valence-corrected chi connectivity index (χ3v) is 8.14. The van der Waals surface area contributed by atoms with Crippen molar-refractivity contribution in [3.8, 4) is 0 Å². The van der Waals surface area contributed by atoms with E-state index in [1.54, 1.807) is 0 Å². The molecule has 3 rings (SSSR count). The van der Waals surface area contributed by atoms with E-state index in [0.29, 0.717) is 0 Å². The number of rotatable bonds is 5. The minimum Gasteiger partial charge on any atom is -0.297 e. The number of hydrogen-bond acceptors (Lipinski definition) is 7. The van der Waals surface area contributed by atoms with Crippen LogP contribution in [0.15, 0.2) is 70.5 Å². The van der Waals surface area contributed by atoms with Crippen LogP contribution >= 0.6 is 0 Å². The molecule has 152 valence electrons. The molecular weight excluding hydrogens is 420 g/mol. The smallest absolute Gasteiger partial charge is 0.297 e. The van der Waals surface area contributed by atoms with E-state index in [9.17, 15) is 31.2 Å². The van der Waals surface area contributed by atoms with Gasteiger partial charge in [-0.1, -0.05) is 36.4 Å². The normalized spacial score (nSPS) is 20.2. The van der Waals surface area contributed by atoms with Crippen LogP contribution in [0.5, 0.6) is 0 Å². The molecule has 1 aliphatic rings. The number of urea groups is 1. The summed E-state index contributed by atoms with van der Waals surface area (Å²) in [6, 6.07) is 11.6. The monoisotopic (exact) mass is 436 g/mol. The first-order valence-electron chi connectivity index (χ1n) is 8.27. The Morgan fingerprint density at radius 3 is 1.62 bits per heavy atom. The van der Waals surface area contributed by atoms with E-state index in [0.717, 1.165) is 26.0 Å². The first-order valence-corrected chi connectivity index (χ1v) is 11.1. The summed E-state index contributed by atoms with van der Waals surface area (Å²) < 4.78 is 51.9. The van der Waals surface area contributed by atoms with Gasteiger partial charge in [-0.05, 0) is 38.1 Å². The Kier molecular flexibility index (Phi) is 4.83. The predicted molar refractivity (Wildman–Crippen MR) is 100 cm³/mol. The van der Waals surface area contributed by atoms with Crippen LogP contribution in [-0.4, -0.2) is 48.7 Å². The number of hydrogen-bond donors (Lipinski definition) is 0. The standard InChI is InChI=1S/C18H16N2O7S2/c1-13(21)18(2)16(22)19(28(24,25)14-9-5-3-6-10-14)17(23)20(18)29(26,27)15-11-7-4-8-12-15/h3-12H,1-2H3. The molecule has 29 heavy (non-hydrogen) atoms. The number of carbonyl (C=O) groups is 3. The van der Waals surface area contributed by atoms with Crippen molar-refractivity contribution >= 4 is 37.8 Å². The molecule has 1 fully saturated rings. The molecular formula is C18H16N2O7S2. The van der Waals surface area contributed by atoms with Gasteiger partial charge in [0.15, 0.2) is 11.3 Å². The van der Waals surface area contributed by atoms with E-state index in [4.69, 9.17) is 0 Å². The fourth-order valence-electron chi connectivity index (χ4n) is 2.89. The van der Waals surface area contributed by atoms with Gasteiger partial charge in [-0.25, -0.2) is 21.6 Å². The Hall–Kier alpha value is -3.05. The second-order valence-corrected chi connectivity index (χ2v) is 9.95. The second-order valence-electron chi connectivity index (χ2n) is 6.38. The Morgan fingerprint density at radius 1 is 0.793 bits per heavy atom. The van der Waals surface area contributed by atoms with Crippen molar-refractivity contribution in [1.82, 2.24) is 8.61 Å². The molecule has 0 radical (unpaired) electrons. The van der Waals surface area contributed by atoms with Gasteiger partial charge in [-0.3, -0.25) is 9.59 Å². The maximum absolute atomic E-state index is 13.1. The molecule has 3 amide bonds. The zero-order chi connectivity index (χ0) is 21.6. The second kappa shape index (κ2) is 6.78. The summed E-state index contributed by atoms with van der Waals surface area (Å²) in [4.78, 5) is 37.5. The molecule has 0 bridgehead atoms. The first kappa shape index (κ1) is 20.7. The fourth-order valence-corrected chi connectivity index (χ4v) is 6.02. The van der Waals surface area contributed by atoms with Gasteiger partial charge in [-0.2, -0.15) is 4.31 Å². The summed E-state index contributed by atoms with van der Waals surface area (Å²) in [5, 5.41) is 0. The molecule has 1 unspecified atom stereocenters. The zero-order valence-electron chi connectivity index (χ0n) is 15.3. The summed E-state index contributed by atoms with van der Waals surface area (Å²) in [6.07, 6.45) is 0. The maximum Gasteiger partial charge on any atom is 0.356 e. The van der Waals surface area contributed by atoms with Gasteiger partial charge in [0.1, 0.15) is 0 Å². The van der Waals surface area contributed by atoms with E-state index in [1.165, 1.54) is 48.5 Å². The topological polar surface area (TPSA) is 126 Å². The Balaban J connectivity index is 2.25. The van der Waals surface area contributed by atoms with Crippen molar-refractivity contribution in [3.05, 3.63) is 60.7 Å². The highest BCUT2D eigenvalue weighted by atomic mass is 32.2. The summed E-state index contributed by atoms with van der Waals surface area (Å²) in [7, 11) is -9.45. The van der Waals surface area contributed by atoms with Gasteiger partial charge >= 0.3 is 6.03 Å². The number of imide groups is 1. The summed E-state index contributed by atoms with van der Waals surface area (Å²) in [6.45, 7) is 1.83. The minimum atomic E-state index is -4.74. The van der Waals surface area contributed by atoms with Crippen molar-refractivity contribution in [3.63, 3.8) is 0 Å². The van der Waals surface area contributed by atoms with E-state index in [-0.39, 0.29) is 13.5 Å². The van der Waals surface area contributed by atoms with Gasteiger partial charge < -0.3 is 0 Å². The molecule has 1 atom stereocenters. The van der Waals surface area contributed by atoms with E-state index >= 15 is 0 Å². The number of carbonyl (C=O) groups excluding carboxylic acids is 3. The molecule has 1 aliphatic heterocycles. The van der Waals surface area contributed by atoms with Crippen molar-refractivity contribution in [2.45, 2.75) is 29.2 Å². The molecule has 0 aromatic heterocycles. The van der Waals surface area contributed by atoms with Crippen molar-refractivity contribution < 1.29 is 31.2 Å². The average Bonchev–Trinajstić information content (AvgIpc) is 2.90. The van der Waals surface area contributed by atoms with Gasteiger partial charge in [-0.15, -0.1) is 4.31 Å². The lowest BCUT2D eigenvalue weighted by atomic mass is 9.98. The van der Waals surface area contributed by atoms with E-state index in [2.05, 4.69) is 0 Å². The highest BCUT2D eigenvalue weighted by molar-refractivity contribution is 7.91. The third kappa shape index (κ3) is 2.93. The SMILES string of the molecule is CC(=O)C1(C)C(=O)N(S(=O)(=O)c2ccccc2)C(=O)N1S(=O)(=O)c1ccccc1. The molecule has 0 aliphatic carbocycles. The molecule has 11 heteroatoms. The van der Waals surface area contributed by atoms with E-state index in [1.807, 2.05) is 0 Å². The Labute approximate surface area is 167 Å². The fraction of sp³-hybridized carbons (Fsp3) is 0.167. The number of nitrogens with zero attached hydrogens (tertiary/aromatic N) is 2. The van der Waals surface area contributed by atoms with Crippen molar-refractivity contribution in [2.75, 3.05) is 0 Å². The van der Waals surface area contributed by atoms with Gasteiger partial charge in [0, 0.05) is 0 Å². The van der Waals surface area contributed by atoms with Crippen LogP contribution in [-0.2, 0) is 29.6 Å². The predicted octanol–water partition coefficient (Wildman–Crippen LogP) is 1.38. The lowest BCUT2D eigenvalue weighted by molar-refractivity contribution is -0.136. The molecule has 9 nitrogen and oxygen atoms in total. The molecule has 2 aromatic carbocycles. The zero-order valence-corrected chi connectivity index (χ0v) is 17.0. The number of Topliss-reactive ketones (excluding diaryl/α,β-unsaturated/α-hetero) is 1. The molecule has 0 saturated carbocycles. The highest BCUT2D eigenvalue weighted by Crippen LogP contribution is 2.37. The van der Waals surface area contributed by atoms with Crippen molar-refractivity contribution in [2.24, 2.45) is 0 Å². The minimum absolute atomic E-state index is 0.0422. The molecule has 2 aromatic rings. The molecule has 0 spiro atoms. The van der Waals surface area contributed by atoms with Crippen LogP contribution in [0, 0.1) is 0 Å². The Morgan fingerprint density at radius 2 is 1.21 bits per heavy atom. The maximum atomic E-state index is 13.1. The lowest BCUT2D eigenvalue weighted by Crippen LogP contribution is -2.54. The molecule has 0 N–H and O–H groups in total. The van der Waals surface area contributed by atoms with E-state index < -0.39 is 48.2 Å². The highest BCUT2D eigenvalue weighted by Gasteiger charge is 2.65. The lowest BCUT2D eigenvalue weighted by Gasteiger charge is -2.28. The summed E-state index contributed by atoms with van der Waals surface area (Å²) >= 11 is 0. The van der Waals surface area contributed by atoms with Gasteiger partial charge in [0.05, 0.1) is 9.79 Å². The first-order chi connectivity index (χ1) is 13.5. The molecule has 1 heterocycles. The number of sulfonamides is 2. The molecule has 1 saturated heterocycles. The third-order valence-electron chi connectivity index (χ3n) is 4.60. The van der Waals surface area contributed by atoms with Gasteiger partial charge in [0.2, 0.25) is 0 Å². The number of benzene rings is 2. The summed E-state index contributed by atoms with van der Waals surface area (Å²) in [5.41, 5.74) is -2.55. The average molecular weight is 436 g/mol. The van der Waals surface area contributed by atoms with Crippen LogP contribution in [0.2, 0.25) is 0 Å². The van der Waals surface area contributed by atoms with Crippen LogP contribution in [0.1, 0.15) is 13.8 Å². The van der Waals surface area contributed by atoms with Crippen LogP contribution in [0.3, 0.4) is 0 Å². The van der Waals surface area contributed by atoms with Crippen LogP contribution in [0.4, 0.5) is 4.79 Å². The quantitative estimate of drug-likeness (QED) is 0.512. The Bertz CT molecular complexity index is 1210. The van der Waals surface area contributed by atoms with Gasteiger partial charge in [0.25, 0.3) is 26.0 Å². The largest absolute Gasteiger partial charge is 0.356 e. The number of ketones is 1. The summed E-state index contributed by atoms with van der Waals surface area (Å²) in [5.74, 6) is -2.46. The van der Waals surface area contributed by atoms with Crippen molar-refractivity contribution in [1.29, 1.82) is 0 Å². The van der Waals surface area contributed by atoms with Crippen LogP contribution < -0.4 is 0 Å². The number of amides is 3. The van der Waals surface area contributed by atoms with Crippen LogP contribution in [0.25, 0.3) is 0 Å².